The lowest BCUT2D eigenvalue weighted by molar-refractivity contribution is 0.260. The minimum atomic E-state index is 0.697. The molecule has 0 aliphatic heterocycles. The lowest BCUT2D eigenvalue weighted by Crippen LogP contribution is -2.28. The Hall–Kier alpha value is -0.300. The van der Waals surface area contributed by atoms with Crippen LogP contribution < -0.4 is 0 Å². The minimum absolute atomic E-state index is 0.697. The average molecular weight is 141 g/mol. The van der Waals surface area contributed by atoms with Gasteiger partial charge in [0.1, 0.15) is 0 Å². The predicted octanol–water partition coefficient (Wildman–Crippen LogP) is 2.29. The fourth-order valence-electron chi connectivity index (χ4n) is 0.891. The molecule has 0 aliphatic carbocycles. The van der Waals surface area contributed by atoms with Crippen LogP contribution in [0.3, 0.4) is 0 Å². The van der Waals surface area contributed by atoms with Crippen LogP contribution in [0.5, 0.6) is 0 Å². The predicted molar refractivity (Wildman–Crippen MR) is 47.2 cm³/mol. The van der Waals surface area contributed by atoms with Crippen molar-refractivity contribution in [1.82, 2.24) is 4.90 Å². The van der Waals surface area contributed by atoms with Gasteiger partial charge in [-0.05, 0) is 33.4 Å². The third-order valence-electron chi connectivity index (χ3n) is 2.04. The average Bonchev–Trinajstić information content (AvgIpc) is 1.98. The Labute approximate surface area is 64.7 Å². The Morgan fingerprint density at radius 3 is 2.60 bits per heavy atom. The highest BCUT2D eigenvalue weighted by Crippen LogP contribution is 2.03. The largest absolute Gasteiger partial charge is 0.304 e. The van der Waals surface area contributed by atoms with E-state index in [-0.39, 0.29) is 0 Å². The maximum Gasteiger partial charge on any atom is 0.00667 e. The van der Waals surface area contributed by atoms with Crippen molar-refractivity contribution in [3.63, 3.8) is 0 Å². The summed E-state index contributed by atoms with van der Waals surface area (Å²) in [5.41, 5.74) is 0. The van der Waals surface area contributed by atoms with Crippen LogP contribution in [0.2, 0.25) is 0 Å². The molecule has 0 aromatic rings. The summed E-state index contributed by atoms with van der Waals surface area (Å²) in [6.45, 7) is 9.28. The van der Waals surface area contributed by atoms with Crippen molar-refractivity contribution in [2.24, 2.45) is 0 Å². The number of hydrogen-bond donors (Lipinski definition) is 0. The molecule has 0 amide bonds. The SMILES string of the molecule is C=CCCC(C)N(C)CC. The van der Waals surface area contributed by atoms with E-state index in [4.69, 9.17) is 0 Å². The Morgan fingerprint density at radius 2 is 2.20 bits per heavy atom. The molecule has 0 bridgehead atoms. The normalized spacial score (nSPS) is 13.6. The smallest absolute Gasteiger partial charge is 0.00667 e. The van der Waals surface area contributed by atoms with E-state index in [1.165, 1.54) is 6.42 Å². The summed E-state index contributed by atoms with van der Waals surface area (Å²) >= 11 is 0. The van der Waals surface area contributed by atoms with Gasteiger partial charge in [0.2, 0.25) is 0 Å². The monoisotopic (exact) mass is 141 g/mol. The van der Waals surface area contributed by atoms with Gasteiger partial charge in [-0.3, -0.25) is 0 Å². The number of allylic oxidation sites excluding steroid dienone is 1. The number of hydrogen-bond acceptors (Lipinski definition) is 1. The van der Waals surface area contributed by atoms with E-state index in [9.17, 15) is 0 Å². The van der Waals surface area contributed by atoms with Crippen molar-refractivity contribution in [2.75, 3.05) is 13.6 Å². The molecule has 1 atom stereocenters. The molecular weight excluding hydrogens is 122 g/mol. The molecule has 0 spiro atoms. The quantitative estimate of drug-likeness (QED) is 0.531. The first-order valence-corrected chi connectivity index (χ1v) is 4.03. The van der Waals surface area contributed by atoms with Crippen molar-refractivity contribution in [3.8, 4) is 0 Å². The van der Waals surface area contributed by atoms with E-state index < -0.39 is 0 Å². The molecule has 0 heterocycles. The minimum Gasteiger partial charge on any atom is -0.304 e. The van der Waals surface area contributed by atoms with Crippen molar-refractivity contribution in [2.45, 2.75) is 32.7 Å². The summed E-state index contributed by atoms with van der Waals surface area (Å²) in [6.07, 6.45) is 4.35. The molecule has 1 heteroatoms. The van der Waals surface area contributed by atoms with Crippen molar-refractivity contribution in [1.29, 1.82) is 0 Å². The first-order chi connectivity index (χ1) is 4.72. The van der Waals surface area contributed by atoms with Crippen LogP contribution in [0.25, 0.3) is 0 Å². The molecule has 0 aromatic carbocycles. The molecule has 0 aromatic heterocycles. The summed E-state index contributed by atoms with van der Waals surface area (Å²) < 4.78 is 0. The van der Waals surface area contributed by atoms with Crippen molar-refractivity contribution < 1.29 is 0 Å². The van der Waals surface area contributed by atoms with E-state index >= 15 is 0 Å². The maximum absolute atomic E-state index is 3.70. The van der Waals surface area contributed by atoms with Gasteiger partial charge >= 0.3 is 0 Å². The molecule has 0 N–H and O–H groups in total. The third kappa shape index (κ3) is 3.67. The van der Waals surface area contributed by atoms with Gasteiger partial charge in [-0.15, -0.1) is 6.58 Å². The lowest BCUT2D eigenvalue weighted by Gasteiger charge is -2.22. The van der Waals surface area contributed by atoms with Crippen molar-refractivity contribution in [3.05, 3.63) is 12.7 Å². The van der Waals surface area contributed by atoms with Crippen LogP contribution in [0.15, 0.2) is 12.7 Å². The summed E-state index contributed by atoms with van der Waals surface area (Å²) in [7, 11) is 2.16. The van der Waals surface area contributed by atoms with E-state index in [1.54, 1.807) is 0 Å². The van der Waals surface area contributed by atoms with Crippen LogP contribution in [0, 0.1) is 0 Å². The van der Waals surface area contributed by atoms with Crippen LogP contribution >= 0.6 is 0 Å². The summed E-state index contributed by atoms with van der Waals surface area (Å²) in [6, 6.07) is 0.697. The highest BCUT2D eigenvalue weighted by molar-refractivity contribution is 4.71. The standard InChI is InChI=1S/C9H19N/c1-5-7-8-9(3)10(4)6-2/h5,9H,1,6-8H2,2-4H3. The van der Waals surface area contributed by atoms with E-state index in [2.05, 4.69) is 32.4 Å². The molecule has 0 saturated carbocycles. The Kier molecular flexibility index (Phi) is 5.32. The molecule has 1 unspecified atom stereocenters. The number of rotatable bonds is 5. The topological polar surface area (TPSA) is 3.24 Å². The second-order valence-electron chi connectivity index (χ2n) is 2.79. The van der Waals surface area contributed by atoms with Gasteiger partial charge in [-0.2, -0.15) is 0 Å². The van der Waals surface area contributed by atoms with Crippen LogP contribution in [0.1, 0.15) is 26.7 Å². The van der Waals surface area contributed by atoms with Crippen molar-refractivity contribution >= 4 is 0 Å². The summed E-state index contributed by atoms with van der Waals surface area (Å²) in [5.74, 6) is 0. The second-order valence-corrected chi connectivity index (χ2v) is 2.79. The van der Waals surface area contributed by atoms with E-state index in [0.717, 1.165) is 13.0 Å². The highest BCUT2D eigenvalue weighted by atomic mass is 15.1. The zero-order valence-electron chi connectivity index (χ0n) is 7.43. The Bertz CT molecular complexity index is 88.7. The molecule has 0 radical (unpaired) electrons. The van der Waals surface area contributed by atoms with Gasteiger partial charge in [0, 0.05) is 6.04 Å². The summed E-state index contributed by atoms with van der Waals surface area (Å²) in [4.78, 5) is 2.35. The number of nitrogens with zero attached hydrogens (tertiary/aromatic N) is 1. The molecule has 1 nitrogen and oxygen atoms in total. The van der Waals surface area contributed by atoms with Gasteiger partial charge in [-0.1, -0.05) is 13.0 Å². The fourth-order valence-corrected chi connectivity index (χ4v) is 0.891. The molecule has 0 aliphatic rings. The van der Waals surface area contributed by atoms with Crippen LogP contribution in [-0.2, 0) is 0 Å². The van der Waals surface area contributed by atoms with E-state index in [1.807, 2.05) is 6.08 Å². The Morgan fingerprint density at radius 1 is 1.60 bits per heavy atom. The molecular formula is C9H19N. The molecule has 0 saturated heterocycles. The zero-order chi connectivity index (χ0) is 7.98. The van der Waals surface area contributed by atoms with Gasteiger partial charge in [-0.25, -0.2) is 0 Å². The van der Waals surface area contributed by atoms with Gasteiger partial charge in [0.15, 0.2) is 0 Å². The van der Waals surface area contributed by atoms with Gasteiger partial charge in [0.05, 0.1) is 0 Å². The molecule has 60 valence electrons. The fraction of sp³-hybridized carbons (Fsp3) is 0.778. The zero-order valence-corrected chi connectivity index (χ0v) is 7.43. The summed E-state index contributed by atoms with van der Waals surface area (Å²) in [5, 5.41) is 0. The molecule has 10 heavy (non-hydrogen) atoms. The first kappa shape index (κ1) is 9.70. The molecule has 0 rings (SSSR count). The second kappa shape index (κ2) is 5.48. The Balaban J connectivity index is 3.40. The highest BCUT2D eigenvalue weighted by Gasteiger charge is 2.03. The first-order valence-electron chi connectivity index (χ1n) is 4.03. The van der Waals surface area contributed by atoms with E-state index in [0.29, 0.717) is 6.04 Å². The van der Waals surface area contributed by atoms with Gasteiger partial charge in [0.25, 0.3) is 0 Å². The van der Waals surface area contributed by atoms with Crippen LogP contribution in [-0.4, -0.2) is 24.5 Å². The maximum atomic E-state index is 3.70. The lowest BCUT2D eigenvalue weighted by atomic mass is 10.1. The van der Waals surface area contributed by atoms with Crippen LogP contribution in [0.4, 0.5) is 0 Å². The molecule has 0 fully saturated rings. The third-order valence-corrected chi connectivity index (χ3v) is 2.04. The van der Waals surface area contributed by atoms with Gasteiger partial charge < -0.3 is 4.90 Å².